The summed E-state index contributed by atoms with van der Waals surface area (Å²) in [6.07, 6.45) is 0.591. The molecule has 0 spiro atoms. The van der Waals surface area contributed by atoms with E-state index in [1.807, 2.05) is 41.5 Å². The molecule has 20 heavy (non-hydrogen) atoms. The quantitative estimate of drug-likeness (QED) is 0.780. The lowest BCUT2D eigenvalue weighted by molar-refractivity contribution is -0.160. The Balaban J connectivity index is 3.02. The predicted octanol–water partition coefficient (Wildman–Crippen LogP) is 1.56. The average Bonchev–Trinajstić information content (AvgIpc) is 2.36. The molecule has 2 unspecified atom stereocenters. The molecule has 0 aromatic heterocycles. The molecule has 5 nitrogen and oxygen atoms in total. The lowest BCUT2D eigenvalue weighted by atomic mass is 9.80. The van der Waals surface area contributed by atoms with Crippen LogP contribution in [0.25, 0.3) is 0 Å². The van der Waals surface area contributed by atoms with Crippen LogP contribution in [0.5, 0.6) is 0 Å². The van der Waals surface area contributed by atoms with Crippen molar-refractivity contribution in [2.75, 3.05) is 19.8 Å². The van der Waals surface area contributed by atoms with Crippen molar-refractivity contribution in [2.45, 2.75) is 59.5 Å². The van der Waals surface area contributed by atoms with Crippen LogP contribution in [0.2, 0.25) is 0 Å². The van der Waals surface area contributed by atoms with Gasteiger partial charge in [0.15, 0.2) is 0 Å². The number of nitrogens with zero attached hydrogens (tertiary/aromatic N) is 1. The number of nitrogens with one attached hydrogen (secondary N) is 1. The van der Waals surface area contributed by atoms with E-state index < -0.39 is 11.6 Å². The fourth-order valence-electron chi connectivity index (χ4n) is 2.47. The highest BCUT2D eigenvalue weighted by Gasteiger charge is 2.50. The minimum Gasteiger partial charge on any atom is -0.380 e. The minimum absolute atomic E-state index is 0.0128. The van der Waals surface area contributed by atoms with Gasteiger partial charge in [-0.3, -0.25) is 9.59 Å². The first kappa shape index (κ1) is 17.0. The highest BCUT2D eigenvalue weighted by atomic mass is 16.5. The Kier molecular flexibility index (Phi) is 5.19. The van der Waals surface area contributed by atoms with Gasteiger partial charge in [-0.1, -0.05) is 27.7 Å². The lowest BCUT2D eigenvalue weighted by Crippen LogP contribution is -2.72. The lowest BCUT2D eigenvalue weighted by Gasteiger charge is -2.48. The molecule has 0 radical (unpaired) electrons. The van der Waals surface area contributed by atoms with E-state index in [1.54, 1.807) is 4.90 Å². The van der Waals surface area contributed by atoms with Gasteiger partial charge in [0.2, 0.25) is 11.8 Å². The molecule has 1 aliphatic rings. The van der Waals surface area contributed by atoms with Gasteiger partial charge >= 0.3 is 0 Å². The fraction of sp³-hybridized carbons (Fsp3) is 0.867. The van der Waals surface area contributed by atoms with Crippen LogP contribution in [0, 0.1) is 5.41 Å². The van der Waals surface area contributed by atoms with Crippen LogP contribution in [0.3, 0.4) is 0 Å². The Hall–Kier alpha value is -1.10. The summed E-state index contributed by atoms with van der Waals surface area (Å²) in [5.41, 5.74) is -1.08. The molecule has 2 amide bonds. The summed E-state index contributed by atoms with van der Waals surface area (Å²) >= 11 is 0. The molecule has 0 bridgehead atoms. The molecule has 1 fully saturated rings. The van der Waals surface area contributed by atoms with Gasteiger partial charge in [-0.15, -0.1) is 0 Å². The Morgan fingerprint density at radius 1 is 1.30 bits per heavy atom. The first-order chi connectivity index (χ1) is 9.18. The third-order valence-corrected chi connectivity index (χ3v) is 4.09. The second-order valence-electron chi connectivity index (χ2n) is 6.59. The molecule has 1 aliphatic heterocycles. The van der Waals surface area contributed by atoms with E-state index in [4.69, 9.17) is 4.74 Å². The van der Waals surface area contributed by atoms with E-state index in [0.29, 0.717) is 26.2 Å². The number of piperazine rings is 1. The zero-order valence-corrected chi connectivity index (χ0v) is 13.6. The molecule has 0 aliphatic carbocycles. The van der Waals surface area contributed by atoms with E-state index in [2.05, 4.69) is 5.32 Å². The summed E-state index contributed by atoms with van der Waals surface area (Å²) in [6.45, 7) is 13.1. The van der Waals surface area contributed by atoms with Crippen molar-refractivity contribution in [3.05, 3.63) is 0 Å². The number of ether oxygens (including phenoxy) is 1. The third kappa shape index (κ3) is 3.14. The SMILES string of the molecule is CCOCCN1C(=O)C(C(C)(C)C)NC(=O)C1(C)CC. The van der Waals surface area contributed by atoms with Crippen LogP contribution < -0.4 is 5.32 Å². The molecule has 1 rings (SSSR count). The minimum atomic E-state index is -0.782. The standard InChI is InChI=1S/C15H28N2O3/c1-7-15(6)13(19)16-11(14(3,4)5)12(18)17(15)9-10-20-8-2/h11H,7-10H2,1-6H3,(H,16,19). The van der Waals surface area contributed by atoms with Gasteiger partial charge in [0, 0.05) is 13.2 Å². The maximum absolute atomic E-state index is 12.7. The van der Waals surface area contributed by atoms with Gasteiger partial charge < -0.3 is 15.0 Å². The van der Waals surface area contributed by atoms with Gasteiger partial charge in [0.25, 0.3) is 0 Å². The fourth-order valence-corrected chi connectivity index (χ4v) is 2.47. The molecule has 116 valence electrons. The topological polar surface area (TPSA) is 58.6 Å². The van der Waals surface area contributed by atoms with E-state index >= 15 is 0 Å². The van der Waals surface area contributed by atoms with E-state index in [0.717, 1.165) is 0 Å². The van der Waals surface area contributed by atoms with Crippen LogP contribution >= 0.6 is 0 Å². The van der Waals surface area contributed by atoms with Crippen LogP contribution in [0.1, 0.15) is 48.0 Å². The molecule has 0 saturated carbocycles. The van der Waals surface area contributed by atoms with E-state index in [-0.39, 0.29) is 17.2 Å². The predicted molar refractivity (Wildman–Crippen MR) is 78.3 cm³/mol. The Labute approximate surface area is 122 Å². The summed E-state index contributed by atoms with van der Waals surface area (Å²) in [5.74, 6) is -0.0859. The average molecular weight is 284 g/mol. The number of rotatable bonds is 5. The van der Waals surface area contributed by atoms with E-state index in [9.17, 15) is 9.59 Å². The Bertz CT molecular complexity index is 376. The molecule has 5 heteroatoms. The van der Waals surface area contributed by atoms with Crippen molar-refractivity contribution in [3.63, 3.8) is 0 Å². The molecule has 1 saturated heterocycles. The monoisotopic (exact) mass is 284 g/mol. The van der Waals surface area contributed by atoms with Crippen molar-refractivity contribution in [1.29, 1.82) is 0 Å². The molecule has 0 aromatic rings. The van der Waals surface area contributed by atoms with Crippen LogP contribution in [0.4, 0.5) is 0 Å². The summed E-state index contributed by atoms with van der Waals surface area (Å²) in [4.78, 5) is 26.9. The van der Waals surface area contributed by atoms with Crippen LogP contribution in [0.15, 0.2) is 0 Å². The zero-order chi connectivity index (χ0) is 15.6. The third-order valence-electron chi connectivity index (χ3n) is 4.09. The van der Waals surface area contributed by atoms with E-state index in [1.165, 1.54) is 0 Å². The normalized spacial score (nSPS) is 27.7. The summed E-state index contributed by atoms with van der Waals surface area (Å²) in [7, 11) is 0. The maximum atomic E-state index is 12.7. The first-order valence-corrected chi connectivity index (χ1v) is 7.38. The summed E-state index contributed by atoms with van der Waals surface area (Å²) in [6, 6.07) is -0.476. The van der Waals surface area contributed by atoms with Crippen molar-refractivity contribution in [1.82, 2.24) is 10.2 Å². The van der Waals surface area contributed by atoms with Crippen molar-refractivity contribution in [2.24, 2.45) is 5.41 Å². The second kappa shape index (κ2) is 6.12. The molecule has 1 N–H and O–H groups in total. The smallest absolute Gasteiger partial charge is 0.246 e. The number of amides is 2. The zero-order valence-electron chi connectivity index (χ0n) is 13.6. The molecular formula is C15H28N2O3. The van der Waals surface area contributed by atoms with Gasteiger partial charge in [0.05, 0.1) is 6.61 Å². The number of carbonyl (C=O) groups is 2. The maximum Gasteiger partial charge on any atom is 0.246 e. The molecule has 2 atom stereocenters. The largest absolute Gasteiger partial charge is 0.380 e. The Morgan fingerprint density at radius 2 is 1.90 bits per heavy atom. The first-order valence-electron chi connectivity index (χ1n) is 7.38. The highest BCUT2D eigenvalue weighted by Crippen LogP contribution is 2.31. The number of hydrogen-bond donors (Lipinski definition) is 1. The number of hydrogen-bond acceptors (Lipinski definition) is 3. The number of carbonyl (C=O) groups excluding carboxylic acids is 2. The highest BCUT2D eigenvalue weighted by molar-refractivity contribution is 5.99. The van der Waals surface area contributed by atoms with Gasteiger partial charge in [-0.05, 0) is 25.7 Å². The molecule has 1 heterocycles. The summed E-state index contributed by atoms with van der Waals surface area (Å²) in [5, 5.41) is 2.90. The Morgan fingerprint density at radius 3 is 2.35 bits per heavy atom. The van der Waals surface area contributed by atoms with Gasteiger partial charge in [0.1, 0.15) is 11.6 Å². The van der Waals surface area contributed by atoms with Crippen molar-refractivity contribution in [3.8, 4) is 0 Å². The molecular weight excluding hydrogens is 256 g/mol. The van der Waals surface area contributed by atoms with Gasteiger partial charge in [-0.25, -0.2) is 0 Å². The van der Waals surface area contributed by atoms with Crippen LogP contribution in [-0.4, -0.2) is 48.1 Å². The van der Waals surface area contributed by atoms with Gasteiger partial charge in [-0.2, -0.15) is 0 Å². The second-order valence-corrected chi connectivity index (χ2v) is 6.59. The summed E-state index contributed by atoms with van der Waals surface area (Å²) < 4.78 is 5.35. The van der Waals surface area contributed by atoms with Crippen LogP contribution in [-0.2, 0) is 14.3 Å². The van der Waals surface area contributed by atoms with Crippen molar-refractivity contribution >= 4 is 11.8 Å². The molecule has 0 aromatic carbocycles. The van der Waals surface area contributed by atoms with Crippen molar-refractivity contribution < 1.29 is 14.3 Å².